The standard InChI is InChI=1S/C18H22ClNO5/c1-3-14-15(16(19)17(20-14)18(24)25-4-2)11-6-5-10(7-21)12(8-22)13(11)9-23/h5-6,20-23H,3-4,7-9H2,1-2H3. The number of H-pyrrole nitrogens is 1. The van der Waals surface area contributed by atoms with Crippen molar-refractivity contribution in [2.75, 3.05) is 6.61 Å². The zero-order chi connectivity index (χ0) is 18.6. The predicted octanol–water partition coefficient (Wildman–Crippen LogP) is 2.55. The molecule has 1 heterocycles. The lowest BCUT2D eigenvalue weighted by atomic mass is 9.92. The topological polar surface area (TPSA) is 103 Å². The highest BCUT2D eigenvalue weighted by molar-refractivity contribution is 6.36. The average Bonchev–Trinajstić information content (AvgIpc) is 2.96. The normalized spacial score (nSPS) is 11.0. The van der Waals surface area contributed by atoms with Crippen molar-refractivity contribution in [1.82, 2.24) is 4.98 Å². The molecule has 1 aromatic heterocycles. The molecule has 0 bridgehead atoms. The number of ether oxygens (including phenoxy) is 1. The van der Waals surface area contributed by atoms with Gasteiger partial charge in [-0.2, -0.15) is 0 Å². The van der Waals surface area contributed by atoms with Gasteiger partial charge in [0.2, 0.25) is 0 Å². The first-order chi connectivity index (χ1) is 12.0. The van der Waals surface area contributed by atoms with Crippen molar-refractivity contribution in [2.24, 2.45) is 0 Å². The number of aryl methyl sites for hydroxylation is 1. The second-order valence-electron chi connectivity index (χ2n) is 5.45. The lowest BCUT2D eigenvalue weighted by molar-refractivity contribution is 0.0520. The molecule has 0 atom stereocenters. The number of rotatable bonds is 7. The maximum Gasteiger partial charge on any atom is 0.356 e. The van der Waals surface area contributed by atoms with Crippen LogP contribution in [0.4, 0.5) is 0 Å². The molecule has 0 aliphatic heterocycles. The van der Waals surface area contributed by atoms with Crippen molar-refractivity contribution >= 4 is 17.6 Å². The van der Waals surface area contributed by atoms with Crippen LogP contribution in [-0.4, -0.2) is 32.9 Å². The Morgan fingerprint density at radius 3 is 2.32 bits per heavy atom. The van der Waals surface area contributed by atoms with E-state index in [9.17, 15) is 20.1 Å². The minimum absolute atomic E-state index is 0.163. The van der Waals surface area contributed by atoms with Crippen LogP contribution >= 0.6 is 11.6 Å². The SMILES string of the molecule is CCOC(=O)c1[nH]c(CC)c(-c2ccc(CO)c(CO)c2CO)c1Cl. The van der Waals surface area contributed by atoms with Crippen molar-refractivity contribution < 1.29 is 24.9 Å². The van der Waals surface area contributed by atoms with E-state index >= 15 is 0 Å². The van der Waals surface area contributed by atoms with Crippen LogP contribution in [0.3, 0.4) is 0 Å². The highest BCUT2D eigenvalue weighted by Crippen LogP contribution is 2.39. The number of carbonyl (C=O) groups excluding carboxylic acids is 1. The maximum atomic E-state index is 12.1. The quantitative estimate of drug-likeness (QED) is 0.563. The summed E-state index contributed by atoms with van der Waals surface area (Å²) in [6.07, 6.45) is 0.579. The molecule has 136 valence electrons. The summed E-state index contributed by atoms with van der Waals surface area (Å²) in [5.41, 5.74) is 3.55. The smallest absolute Gasteiger partial charge is 0.356 e. The summed E-state index contributed by atoms with van der Waals surface area (Å²) in [5, 5.41) is 29.1. The van der Waals surface area contributed by atoms with Crippen LogP contribution in [0.25, 0.3) is 11.1 Å². The van der Waals surface area contributed by atoms with Gasteiger partial charge >= 0.3 is 5.97 Å². The fraction of sp³-hybridized carbons (Fsp3) is 0.389. The van der Waals surface area contributed by atoms with Gasteiger partial charge in [-0.15, -0.1) is 0 Å². The fourth-order valence-electron chi connectivity index (χ4n) is 2.92. The first-order valence-corrected chi connectivity index (χ1v) is 8.45. The lowest BCUT2D eigenvalue weighted by Gasteiger charge is -2.16. The Balaban J connectivity index is 2.72. The lowest BCUT2D eigenvalue weighted by Crippen LogP contribution is -2.05. The van der Waals surface area contributed by atoms with Crippen LogP contribution in [0.5, 0.6) is 0 Å². The molecule has 0 aliphatic carbocycles. The molecule has 4 N–H and O–H groups in total. The number of halogens is 1. The van der Waals surface area contributed by atoms with Crippen molar-refractivity contribution in [3.8, 4) is 11.1 Å². The Hall–Kier alpha value is -1.86. The highest BCUT2D eigenvalue weighted by atomic mass is 35.5. The number of aliphatic hydroxyl groups excluding tert-OH is 3. The van der Waals surface area contributed by atoms with Gasteiger partial charge in [-0.3, -0.25) is 0 Å². The van der Waals surface area contributed by atoms with Crippen molar-refractivity contribution in [2.45, 2.75) is 40.1 Å². The zero-order valence-electron chi connectivity index (χ0n) is 14.2. The third-order valence-corrected chi connectivity index (χ3v) is 4.51. The highest BCUT2D eigenvalue weighted by Gasteiger charge is 2.25. The number of aromatic nitrogens is 1. The molecule has 25 heavy (non-hydrogen) atoms. The van der Waals surface area contributed by atoms with E-state index in [2.05, 4.69) is 4.98 Å². The zero-order valence-corrected chi connectivity index (χ0v) is 15.0. The van der Waals surface area contributed by atoms with Crippen LogP contribution in [0.15, 0.2) is 12.1 Å². The number of esters is 1. The van der Waals surface area contributed by atoms with E-state index in [-0.39, 0.29) is 37.1 Å². The van der Waals surface area contributed by atoms with E-state index in [1.54, 1.807) is 19.1 Å². The van der Waals surface area contributed by atoms with Gasteiger partial charge in [0.25, 0.3) is 0 Å². The van der Waals surface area contributed by atoms with Gasteiger partial charge in [-0.25, -0.2) is 4.79 Å². The molecule has 0 aliphatic rings. The number of aromatic amines is 1. The number of hydrogen-bond donors (Lipinski definition) is 4. The summed E-state index contributed by atoms with van der Waals surface area (Å²) in [7, 11) is 0. The first kappa shape index (κ1) is 19.5. The molecule has 0 radical (unpaired) electrons. The third-order valence-electron chi connectivity index (χ3n) is 4.13. The Labute approximate surface area is 151 Å². The second-order valence-corrected chi connectivity index (χ2v) is 5.82. The third kappa shape index (κ3) is 3.57. The Bertz CT molecular complexity index is 769. The first-order valence-electron chi connectivity index (χ1n) is 8.07. The minimum atomic E-state index is -0.548. The van der Waals surface area contributed by atoms with Crippen LogP contribution in [0.2, 0.25) is 5.02 Å². The largest absolute Gasteiger partial charge is 0.461 e. The summed E-state index contributed by atoms with van der Waals surface area (Å²) in [6.45, 7) is 2.94. The molecule has 0 spiro atoms. The van der Waals surface area contributed by atoms with E-state index < -0.39 is 5.97 Å². The van der Waals surface area contributed by atoms with E-state index in [0.717, 1.165) is 5.69 Å². The number of benzene rings is 1. The molecule has 1 aromatic carbocycles. The van der Waals surface area contributed by atoms with Crippen LogP contribution < -0.4 is 0 Å². The number of carbonyl (C=O) groups is 1. The number of hydrogen-bond acceptors (Lipinski definition) is 5. The van der Waals surface area contributed by atoms with E-state index in [0.29, 0.717) is 34.2 Å². The van der Waals surface area contributed by atoms with Gasteiger partial charge in [0.1, 0.15) is 5.69 Å². The molecular weight excluding hydrogens is 346 g/mol. The summed E-state index contributed by atoms with van der Waals surface area (Å²) in [5.74, 6) is -0.548. The van der Waals surface area contributed by atoms with E-state index in [1.807, 2.05) is 6.92 Å². The Morgan fingerprint density at radius 1 is 1.12 bits per heavy atom. The molecule has 2 aromatic rings. The molecule has 7 heteroatoms. The average molecular weight is 368 g/mol. The van der Waals surface area contributed by atoms with Gasteiger partial charge < -0.3 is 25.0 Å². The van der Waals surface area contributed by atoms with Gasteiger partial charge in [0.05, 0.1) is 31.5 Å². The summed E-state index contributed by atoms with van der Waals surface area (Å²) in [6, 6.07) is 3.40. The summed E-state index contributed by atoms with van der Waals surface area (Å²) >= 11 is 6.45. The molecule has 0 saturated carbocycles. The molecule has 6 nitrogen and oxygen atoms in total. The van der Waals surface area contributed by atoms with Crippen LogP contribution in [-0.2, 0) is 31.0 Å². The molecule has 0 amide bonds. The molecule has 2 rings (SSSR count). The van der Waals surface area contributed by atoms with Crippen molar-refractivity contribution in [1.29, 1.82) is 0 Å². The number of aliphatic hydroxyl groups is 3. The van der Waals surface area contributed by atoms with Crippen LogP contribution in [0.1, 0.15) is 46.7 Å². The molecule has 0 unspecified atom stereocenters. The van der Waals surface area contributed by atoms with Gasteiger partial charge in [-0.05, 0) is 35.6 Å². The summed E-state index contributed by atoms with van der Waals surface area (Å²) in [4.78, 5) is 15.1. The Morgan fingerprint density at radius 2 is 1.80 bits per heavy atom. The van der Waals surface area contributed by atoms with Gasteiger partial charge in [0, 0.05) is 11.3 Å². The van der Waals surface area contributed by atoms with Crippen LogP contribution in [0, 0.1) is 0 Å². The van der Waals surface area contributed by atoms with Crippen molar-refractivity contribution in [3.63, 3.8) is 0 Å². The molecule has 0 fully saturated rings. The second kappa shape index (κ2) is 8.49. The van der Waals surface area contributed by atoms with Crippen molar-refractivity contribution in [3.05, 3.63) is 45.2 Å². The van der Waals surface area contributed by atoms with E-state index in [4.69, 9.17) is 16.3 Å². The van der Waals surface area contributed by atoms with Gasteiger partial charge in [-0.1, -0.05) is 30.7 Å². The Kier molecular flexibility index (Phi) is 6.61. The predicted molar refractivity (Wildman–Crippen MR) is 94.3 cm³/mol. The molecule has 0 saturated heterocycles. The van der Waals surface area contributed by atoms with E-state index in [1.165, 1.54) is 0 Å². The molecular formula is C18H22ClNO5. The monoisotopic (exact) mass is 367 g/mol. The summed E-state index contributed by atoms with van der Waals surface area (Å²) < 4.78 is 5.02. The number of nitrogens with one attached hydrogen (secondary N) is 1. The minimum Gasteiger partial charge on any atom is -0.461 e. The van der Waals surface area contributed by atoms with Gasteiger partial charge in [0.15, 0.2) is 0 Å². The fourth-order valence-corrected chi connectivity index (χ4v) is 3.26. The maximum absolute atomic E-state index is 12.1.